The van der Waals surface area contributed by atoms with Crippen molar-refractivity contribution >= 4 is 0 Å². The average molecular weight is 331 g/mol. The fraction of sp³-hybridized carbons (Fsp3) is 1.00. The van der Waals surface area contributed by atoms with E-state index >= 15 is 0 Å². The summed E-state index contributed by atoms with van der Waals surface area (Å²) in [5, 5.41) is 0. The number of hydrogen-bond acceptors (Lipinski definition) is 5. The lowest BCUT2D eigenvalue weighted by molar-refractivity contribution is -0.229. The van der Waals surface area contributed by atoms with Crippen molar-refractivity contribution in [2.75, 3.05) is 56.4 Å². The summed E-state index contributed by atoms with van der Waals surface area (Å²) in [6.07, 6.45) is 2.33. The fourth-order valence-electron chi connectivity index (χ4n) is 4.26. The molecule has 2 unspecified atom stereocenters. The van der Waals surface area contributed by atoms with Crippen LogP contribution < -0.4 is 0 Å². The van der Waals surface area contributed by atoms with Gasteiger partial charge in [-0.05, 0) is 83.1 Å². The van der Waals surface area contributed by atoms with Crippen LogP contribution in [0.4, 0.5) is 0 Å². The largest absolute Gasteiger partial charge is 0.363 e. The van der Waals surface area contributed by atoms with Crippen molar-refractivity contribution in [1.29, 1.82) is 0 Å². The predicted octanol–water partition coefficient (Wildman–Crippen LogP) is 2.24. The van der Waals surface area contributed by atoms with Crippen molar-refractivity contribution in [1.82, 2.24) is 19.6 Å². The Labute approximate surface area is 145 Å². The zero-order chi connectivity index (χ0) is 18.6. The average Bonchev–Trinajstić information content (AvgIpc) is 2.36. The lowest BCUT2D eigenvalue weighted by Gasteiger charge is -2.52. The number of likely N-dealkylation sites (N-methyl/N-ethyl adjacent to an activating group) is 4. The Kier molecular flexibility index (Phi) is 8.69. The summed E-state index contributed by atoms with van der Waals surface area (Å²) in [4.78, 5) is 9.00. The molecule has 0 rings (SSSR count). The van der Waals surface area contributed by atoms with Gasteiger partial charge >= 0.3 is 0 Å². The standard InChI is InChI=1S/C18H42N4O/c1-13-17(3,15(19(5)6)20(7)8)23-18(4,14-2)16(21(9)10)22(11)12/h15-16H,13-14H2,1-12H3. The van der Waals surface area contributed by atoms with Crippen LogP contribution in [0.1, 0.15) is 40.5 Å². The second kappa shape index (κ2) is 8.77. The van der Waals surface area contributed by atoms with Gasteiger partial charge in [-0.1, -0.05) is 13.8 Å². The molecule has 0 aliphatic heterocycles. The molecule has 0 saturated carbocycles. The molecule has 0 amide bonds. The summed E-state index contributed by atoms with van der Waals surface area (Å²) in [6, 6.07) is 0. The second-order valence-electron chi connectivity index (χ2n) is 8.04. The van der Waals surface area contributed by atoms with Gasteiger partial charge in [0.05, 0.1) is 23.5 Å². The molecule has 0 radical (unpaired) electrons. The maximum absolute atomic E-state index is 6.93. The van der Waals surface area contributed by atoms with E-state index in [4.69, 9.17) is 4.74 Å². The van der Waals surface area contributed by atoms with Crippen LogP contribution >= 0.6 is 0 Å². The van der Waals surface area contributed by atoms with Crippen LogP contribution in [-0.4, -0.2) is 99.5 Å². The molecule has 0 spiro atoms. The molecule has 0 aliphatic rings. The Bertz CT molecular complexity index is 298. The van der Waals surface area contributed by atoms with Gasteiger partial charge in [0.2, 0.25) is 0 Å². The first-order chi connectivity index (χ1) is 10.4. The molecule has 0 aromatic carbocycles. The van der Waals surface area contributed by atoms with Gasteiger partial charge in [-0.2, -0.15) is 0 Å². The molecule has 5 nitrogen and oxygen atoms in total. The number of rotatable bonds is 10. The molecular weight excluding hydrogens is 288 g/mol. The number of ether oxygens (including phenoxy) is 1. The van der Waals surface area contributed by atoms with Crippen LogP contribution in [0.2, 0.25) is 0 Å². The summed E-state index contributed by atoms with van der Waals surface area (Å²) in [7, 11) is 17.0. The molecule has 5 heteroatoms. The molecule has 0 heterocycles. The van der Waals surface area contributed by atoms with Crippen molar-refractivity contribution in [3.05, 3.63) is 0 Å². The fourth-order valence-corrected chi connectivity index (χ4v) is 4.26. The molecular formula is C18H42N4O. The Morgan fingerprint density at radius 1 is 0.609 bits per heavy atom. The third kappa shape index (κ3) is 5.40. The van der Waals surface area contributed by atoms with Gasteiger partial charge in [0.1, 0.15) is 0 Å². The van der Waals surface area contributed by atoms with Gasteiger partial charge < -0.3 is 4.74 Å². The van der Waals surface area contributed by atoms with Gasteiger partial charge in [0.15, 0.2) is 0 Å². The van der Waals surface area contributed by atoms with Gasteiger partial charge in [0.25, 0.3) is 0 Å². The second-order valence-corrected chi connectivity index (χ2v) is 8.04. The van der Waals surface area contributed by atoms with Crippen LogP contribution in [-0.2, 0) is 4.74 Å². The van der Waals surface area contributed by atoms with E-state index in [2.05, 4.69) is 104 Å². The topological polar surface area (TPSA) is 22.2 Å². The summed E-state index contributed by atoms with van der Waals surface area (Å²) in [5.41, 5.74) is -0.524. The van der Waals surface area contributed by atoms with Crippen LogP contribution in [0.25, 0.3) is 0 Å². The zero-order valence-electron chi connectivity index (χ0n) is 17.8. The highest BCUT2D eigenvalue weighted by Gasteiger charge is 2.46. The highest BCUT2D eigenvalue weighted by molar-refractivity contribution is 4.95. The number of nitrogens with zero attached hydrogens (tertiary/aromatic N) is 4. The van der Waals surface area contributed by atoms with Gasteiger partial charge in [-0.15, -0.1) is 0 Å². The normalized spacial score (nSPS) is 18.5. The van der Waals surface area contributed by atoms with Crippen LogP contribution in [0.3, 0.4) is 0 Å². The molecule has 0 aromatic rings. The third-order valence-electron chi connectivity index (χ3n) is 4.92. The Balaban J connectivity index is 5.78. The highest BCUT2D eigenvalue weighted by atomic mass is 16.5. The highest BCUT2D eigenvalue weighted by Crippen LogP contribution is 2.35. The first-order valence-corrected chi connectivity index (χ1v) is 8.72. The Morgan fingerprint density at radius 2 is 0.826 bits per heavy atom. The summed E-state index contributed by atoms with van der Waals surface area (Å²) in [6.45, 7) is 8.93. The summed E-state index contributed by atoms with van der Waals surface area (Å²) in [5.74, 6) is 0. The van der Waals surface area contributed by atoms with E-state index in [9.17, 15) is 0 Å². The lowest BCUT2D eigenvalue weighted by atomic mass is 9.91. The van der Waals surface area contributed by atoms with E-state index in [-0.39, 0.29) is 23.5 Å². The van der Waals surface area contributed by atoms with Gasteiger partial charge in [-0.25, -0.2) is 0 Å². The molecule has 140 valence electrons. The Hall–Kier alpha value is -0.200. The van der Waals surface area contributed by atoms with Crippen LogP contribution in [0.15, 0.2) is 0 Å². The summed E-state index contributed by atoms with van der Waals surface area (Å²) >= 11 is 0. The van der Waals surface area contributed by atoms with Gasteiger partial charge in [0, 0.05) is 0 Å². The smallest absolute Gasteiger partial charge is 0.0947 e. The lowest BCUT2D eigenvalue weighted by Crippen LogP contribution is -2.64. The van der Waals surface area contributed by atoms with E-state index in [1.165, 1.54) is 0 Å². The van der Waals surface area contributed by atoms with Crippen molar-refractivity contribution in [2.24, 2.45) is 0 Å². The predicted molar refractivity (Wildman–Crippen MR) is 101 cm³/mol. The molecule has 0 fully saturated rings. The minimum Gasteiger partial charge on any atom is -0.363 e. The SMILES string of the molecule is CCC(C)(OC(C)(CC)C(N(C)C)N(C)C)C(N(C)C)N(C)C. The monoisotopic (exact) mass is 330 g/mol. The molecule has 2 atom stereocenters. The molecule has 0 aromatic heterocycles. The first kappa shape index (κ1) is 22.8. The van der Waals surface area contributed by atoms with E-state index < -0.39 is 0 Å². The van der Waals surface area contributed by atoms with Crippen molar-refractivity contribution in [3.8, 4) is 0 Å². The zero-order valence-corrected chi connectivity index (χ0v) is 17.8. The first-order valence-electron chi connectivity index (χ1n) is 8.72. The third-order valence-corrected chi connectivity index (χ3v) is 4.92. The van der Waals surface area contributed by atoms with Crippen LogP contribution in [0.5, 0.6) is 0 Å². The minimum absolute atomic E-state index is 0.211. The van der Waals surface area contributed by atoms with Gasteiger partial charge in [-0.3, -0.25) is 19.6 Å². The molecule has 0 saturated heterocycles. The van der Waals surface area contributed by atoms with E-state index in [1.54, 1.807) is 0 Å². The Morgan fingerprint density at radius 3 is 0.957 bits per heavy atom. The quantitative estimate of drug-likeness (QED) is 0.571. The molecule has 0 aliphatic carbocycles. The van der Waals surface area contributed by atoms with Crippen molar-refractivity contribution in [2.45, 2.75) is 64.1 Å². The van der Waals surface area contributed by atoms with E-state index in [0.717, 1.165) is 12.8 Å². The maximum atomic E-state index is 6.93. The molecule has 0 bridgehead atoms. The van der Waals surface area contributed by atoms with Crippen molar-refractivity contribution in [3.63, 3.8) is 0 Å². The summed E-state index contributed by atoms with van der Waals surface area (Å²) < 4.78 is 6.93. The minimum atomic E-state index is -0.262. The molecule has 23 heavy (non-hydrogen) atoms. The number of hydrogen-bond donors (Lipinski definition) is 0. The maximum Gasteiger partial charge on any atom is 0.0947 e. The van der Waals surface area contributed by atoms with E-state index in [0.29, 0.717) is 0 Å². The van der Waals surface area contributed by atoms with E-state index in [1.807, 2.05) is 0 Å². The molecule has 0 N–H and O–H groups in total. The van der Waals surface area contributed by atoms with Crippen LogP contribution in [0, 0.1) is 0 Å². The van der Waals surface area contributed by atoms with Crippen molar-refractivity contribution < 1.29 is 4.74 Å².